The third-order valence-corrected chi connectivity index (χ3v) is 2.53. The third kappa shape index (κ3) is 4.41. The predicted octanol–water partition coefficient (Wildman–Crippen LogP) is -4.41. The van der Waals surface area contributed by atoms with Crippen LogP contribution in [-0.4, -0.2) is 29.6 Å². The van der Waals surface area contributed by atoms with Gasteiger partial charge in [0.15, 0.2) is 0 Å². The Balaban J connectivity index is 0. The summed E-state index contributed by atoms with van der Waals surface area (Å²) in [6.07, 6.45) is -0.237. The van der Waals surface area contributed by atoms with E-state index in [1.54, 1.807) is 0 Å². The summed E-state index contributed by atoms with van der Waals surface area (Å²) < 4.78 is 30.8. The van der Waals surface area contributed by atoms with Crippen LogP contribution in [0.15, 0.2) is 0 Å². The van der Waals surface area contributed by atoms with E-state index in [-0.39, 0.29) is 36.0 Å². The van der Waals surface area contributed by atoms with Crippen LogP contribution >= 0.6 is 0 Å². The van der Waals surface area contributed by atoms with Gasteiger partial charge in [-0.2, -0.15) is 0 Å². The minimum Gasteiger partial charge on any atom is -0.747 e. The summed E-state index contributed by atoms with van der Waals surface area (Å²) in [6, 6.07) is 0. The van der Waals surface area contributed by atoms with E-state index in [9.17, 15) is 13.0 Å². The van der Waals surface area contributed by atoms with Gasteiger partial charge in [-0.05, 0) is 6.92 Å². The molecule has 0 aliphatic carbocycles. The molecule has 0 aliphatic rings. The average molecular weight is 191 g/mol. The third-order valence-electron chi connectivity index (χ3n) is 1.18. The maximum Gasteiger partial charge on any atom is 1.00 e. The topological polar surface area (TPSA) is 103 Å². The Hall–Kier alpha value is 0.830. The predicted molar refractivity (Wildman–Crippen MR) is 34.0 cm³/mol. The number of hydrogen-bond donors (Lipinski definition) is 2. The van der Waals surface area contributed by atoms with Crippen molar-refractivity contribution in [2.75, 3.05) is 6.61 Å². The number of aliphatic hydroxyl groups is 1. The molecule has 0 saturated heterocycles. The fourth-order valence-corrected chi connectivity index (χ4v) is 0.688. The second-order valence-corrected chi connectivity index (χ2v) is 4.08. The van der Waals surface area contributed by atoms with Crippen molar-refractivity contribution in [1.82, 2.24) is 0 Å². The molecule has 0 spiro atoms. The van der Waals surface area contributed by atoms with Crippen molar-refractivity contribution in [3.63, 3.8) is 0 Å². The molecule has 62 valence electrons. The van der Waals surface area contributed by atoms with Gasteiger partial charge in [0.2, 0.25) is 0 Å². The van der Waals surface area contributed by atoms with Crippen molar-refractivity contribution >= 4 is 10.1 Å². The van der Waals surface area contributed by atoms with Crippen LogP contribution in [0.25, 0.3) is 0 Å². The van der Waals surface area contributed by atoms with Crippen LogP contribution in [0.5, 0.6) is 0 Å². The van der Waals surface area contributed by atoms with Crippen molar-refractivity contribution < 1.29 is 47.6 Å². The molecule has 7 heteroatoms. The molecule has 0 aromatic rings. The van der Waals surface area contributed by atoms with Crippen LogP contribution in [0, 0.1) is 0 Å². The van der Waals surface area contributed by atoms with Gasteiger partial charge in [-0.25, -0.2) is 8.42 Å². The van der Waals surface area contributed by atoms with E-state index in [4.69, 9.17) is 10.8 Å². The molecule has 0 radical (unpaired) electrons. The van der Waals surface area contributed by atoms with Gasteiger partial charge in [0.25, 0.3) is 0 Å². The number of nitrogens with two attached hydrogens (primary N) is 1. The first-order valence-electron chi connectivity index (χ1n) is 2.66. The molecule has 0 bridgehead atoms. The van der Waals surface area contributed by atoms with Crippen molar-refractivity contribution in [1.29, 1.82) is 0 Å². The molecule has 0 amide bonds. The molecule has 0 aromatic carbocycles. The summed E-state index contributed by atoms with van der Waals surface area (Å²) >= 11 is 0. The molecule has 0 heterocycles. The van der Waals surface area contributed by atoms with Crippen molar-refractivity contribution in [2.24, 2.45) is 5.73 Å². The molecule has 1 unspecified atom stereocenters. The second-order valence-electron chi connectivity index (χ2n) is 2.24. The summed E-state index contributed by atoms with van der Waals surface area (Å²) in [5.41, 5.74) is 5.04. The van der Waals surface area contributed by atoms with Gasteiger partial charge < -0.3 is 15.4 Å². The van der Waals surface area contributed by atoms with Crippen LogP contribution in [-0.2, 0) is 10.1 Å². The summed E-state index contributed by atoms with van der Waals surface area (Å²) in [5, 5.41) is 8.28. The molecule has 0 aromatic heterocycles. The Morgan fingerprint density at radius 3 is 2.09 bits per heavy atom. The average Bonchev–Trinajstić information content (AvgIpc) is 1.61. The summed E-state index contributed by atoms with van der Waals surface area (Å²) in [6.45, 7) is 0.667. The first-order valence-corrected chi connectivity index (χ1v) is 4.07. The Bertz CT molecular complexity index is 200. The SMILES string of the molecule is CC(N)(CCO)S(=O)(=O)[O-].[Na+]. The van der Waals surface area contributed by atoms with E-state index in [1.807, 2.05) is 0 Å². The van der Waals surface area contributed by atoms with Gasteiger partial charge in [0, 0.05) is 13.0 Å². The smallest absolute Gasteiger partial charge is 0.747 e. The fraction of sp³-hybridized carbons (Fsp3) is 1.00. The van der Waals surface area contributed by atoms with E-state index in [1.165, 1.54) is 0 Å². The molecular formula is C4H10NNaO4S. The quantitative estimate of drug-likeness (QED) is 0.346. The zero-order chi connectivity index (χ0) is 8.41. The van der Waals surface area contributed by atoms with E-state index >= 15 is 0 Å². The summed E-state index contributed by atoms with van der Waals surface area (Å²) in [7, 11) is -4.50. The second kappa shape index (κ2) is 4.76. The first-order chi connectivity index (χ1) is 4.31. The summed E-state index contributed by atoms with van der Waals surface area (Å²) in [5.74, 6) is 0. The Morgan fingerprint density at radius 2 is 2.00 bits per heavy atom. The normalized spacial score (nSPS) is 16.7. The molecular weight excluding hydrogens is 181 g/mol. The molecule has 0 fully saturated rings. The Kier molecular flexibility index (Phi) is 6.21. The molecule has 0 aliphatic heterocycles. The molecule has 0 saturated carbocycles. The van der Waals surface area contributed by atoms with E-state index in [0.717, 1.165) is 6.92 Å². The minimum absolute atomic E-state index is 0. The van der Waals surface area contributed by atoms with Gasteiger partial charge in [0.05, 0.1) is 0 Å². The van der Waals surface area contributed by atoms with Gasteiger partial charge in [-0.3, -0.25) is 0 Å². The monoisotopic (exact) mass is 191 g/mol. The molecule has 0 rings (SSSR count). The molecule has 11 heavy (non-hydrogen) atoms. The van der Waals surface area contributed by atoms with Gasteiger partial charge in [0.1, 0.15) is 15.0 Å². The van der Waals surface area contributed by atoms with E-state index in [0.29, 0.717) is 0 Å². The largest absolute Gasteiger partial charge is 1.00 e. The molecule has 3 N–H and O–H groups in total. The minimum atomic E-state index is -4.50. The van der Waals surface area contributed by atoms with Crippen LogP contribution in [0.4, 0.5) is 0 Å². The van der Waals surface area contributed by atoms with Crippen LogP contribution in [0.2, 0.25) is 0 Å². The van der Waals surface area contributed by atoms with Crippen LogP contribution < -0.4 is 35.3 Å². The zero-order valence-electron chi connectivity index (χ0n) is 6.57. The van der Waals surface area contributed by atoms with E-state index in [2.05, 4.69) is 0 Å². The Labute approximate surface area is 88.0 Å². The van der Waals surface area contributed by atoms with Gasteiger partial charge in [-0.15, -0.1) is 0 Å². The Morgan fingerprint density at radius 1 is 1.64 bits per heavy atom. The maximum atomic E-state index is 10.3. The fourth-order valence-electron chi connectivity index (χ4n) is 0.347. The maximum absolute atomic E-state index is 10.3. The molecule has 5 nitrogen and oxygen atoms in total. The van der Waals surface area contributed by atoms with Gasteiger partial charge in [-0.1, -0.05) is 0 Å². The van der Waals surface area contributed by atoms with Crippen LogP contribution in [0.3, 0.4) is 0 Å². The van der Waals surface area contributed by atoms with Crippen molar-refractivity contribution in [3.8, 4) is 0 Å². The van der Waals surface area contributed by atoms with E-state index < -0.39 is 21.6 Å². The summed E-state index contributed by atoms with van der Waals surface area (Å²) in [4.78, 5) is -1.85. The number of aliphatic hydroxyl groups excluding tert-OH is 1. The van der Waals surface area contributed by atoms with Crippen molar-refractivity contribution in [2.45, 2.75) is 18.2 Å². The zero-order valence-corrected chi connectivity index (χ0v) is 9.39. The van der Waals surface area contributed by atoms with Gasteiger partial charge >= 0.3 is 29.6 Å². The van der Waals surface area contributed by atoms with Crippen molar-refractivity contribution in [3.05, 3.63) is 0 Å². The first kappa shape index (κ1) is 14.4. The molecule has 1 atom stereocenters. The number of rotatable bonds is 3. The van der Waals surface area contributed by atoms with Crippen LogP contribution in [0.1, 0.15) is 13.3 Å². The standard InChI is InChI=1S/C4H11NO4S.Na/c1-4(5,2-3-6)10(7,8)9;/h6H,2-3,5H2,1H3,(H,7,8,9);/q;+1/p-1. The number of hydrogen-bond acceptors (Lipinski definition) is 5.